The number of carbonyl (C=O) groups excluding carboxylic acids is 1. The molecule has 0 amide bonds. The number of ketones is 1. The molecule has 0 aliphatic heterocycles. The van der Waals surface area contributed by atoms with Crippen LogP contribution in [-0.2, 0) is 4.79 Å². The van der Waals surface area contributed by atoms with Gasteiger partial charge in [0.2, 0.25) is 0 Å². The summed E-state index contributed by atoms with van der Waals surface area (Å²) >= 11 is 0. The zero-order valence-corrected chi connectivity index (χ0v) is 20.8. The number of hydrogen-bond acceptors (Lipinski definition) is 2. The summed E-state index contributed by atoms with van der Waals surface area (Å²) in [5.41, 5.74) is 1.22. The van der Waals surface area contributed by atoms with Gasteiger partial charge in [0.15, 0.2) is 0 Å². The predicted octanol–water partition coefficient (Wildman–Crippen LogP) is 8.97. The van der Waals surface area contributed by atoms with Crippen LogP contribution in [0.1, 0.15) is 128 Å². The molecule has 1 aromatic rings. The van der Waals surface area contributed by atoms with Gasteiger partial charge in [0, 0.05) is 12.3 Å². The minimum atomic E-state index is -0.893. The van der Waals surface area contributed by atoms with Crippen molar-refractivity contribution in [3.63, 3.8) is 0 Å². The third-order valence-electron chi connectivity index (χ3n) is 7.08. The van der Waals surface area contributed by atoms with Crippen LogP contribution in [0.25, 0.3) is 0 Å². The van der Waals surface area contributed by atoms with Crippen LogP contribution in [0.2, 0.25) is 0 Å². The van der Waals surface area contributed by atoms with Gasteiger partial charge < -0.3 is 4.74 Å². The van der Waals surface area contributed by atoms with Crippen LogP contribution in [-0.4, -0.2) is 18.6 Å². The van der Waals surface area contributed by atoms with E-state index in [-0.39, 0.29) is 12.5 Å². The van der Waals surface area contributed by atoms with E-state index in [1.165, 1.54) is 63.4 Å². The molecule has 2 rings (SSSR count). The lowest BCUT2D eigenvalue weighted by Crippen LogP contribution is -2.24. The first-order valence-corrected chi connectivity index (χ1v) is 13.5. The molecule has 3 atom stereocenters. The molecule has 0 aromatic heterocycles. The summed E-state index contributed by atoms with van der Waals surface area (Å²) in [6, 6.07) is 8.01. The van der Waals surface area contributed by atoms with E-state index in [9.17, 15) is 9.18 Å². The smallest absolute Gasteiger partial charge is 0.136 e. The summed E-state index contributed by atoms with van der Waals surface area (Å²) < 4.78 is 19.6. The number of hydrogen-bond donors (Lipinski definition) is 0. The maximum Gasteiger partial charge on any atom is 0.136 e. The Hall–Kier alpha value is -1.38. The normalized spacial score (nSPS) is 19.8. The molecule has 32 heavy (non-hydrogen) atoms. The second-order valence-electron chi connectivity index (χ2n) is 9.88. The fourth-order valence-electron chi connectivity index (χ4n) is 4.91. The quantitative estimate of drug-likeness (QED) is 0.223. The number of unbranched alkanes of at least 4 members (excludes halogenated alkanes) is 9. The van der Waals surface area contributed by atoms with Gasteiger partial charge in [-0.2, -0.15) is 0 Å². The highest BCUT2D eigenvalue weighted by Gasteiger charge is 2.28. The summed E-state index contributed by atoms with van der Waals surface area (Å²) in [4.78, 5) is 12.7. The van der Waals surface area contributed by atoms with Gasteiger partial charge in [0.25, 0.3) is 0 Å². The Morgan fingerprint density at radius 1 is 0.875 bits per heavy atom. The van der Waals surface area contributed by atoms with E-state index in [2.05, 4.69) is 26.0 Å². The van der Waals surface area contributed by atoms with E-state index >= 15 is 0 Å². The summed E-state index contributed by atoms with van der Waals surface area (Å²) in [5.74, 6) is 1.79. The molecule has 3 heteroatoms. The Labute approximate surface area is 196 Å². The fraction of sp³-hybridized carbons (Fsp3) is 0.759. The topological polar surface area (TPSA) is 26.3 Å². The first-order valence-electron chi connectivity index (χ1n) is 13.5. The maximum atomic E-state index is 14.0. The van der Waals surface area contributed by atoms with Crippen molar-refractivity contribution < 1.29 is 13.9 Å². The van der Waals surface area contributed by atoms with Crippen molar-refractivity contribution >= 4 is 5.78 Å². The molecule has 0 spiro atoms. The van der Waals surface area contributed by atoms with Crippen LogP contribution in [0.15, 0.2) is 24.3 Å². The number of benzene rings is 1. The van der Waals surface area contributed by atoms with E-state index in [1.807, 2.05) is 12.1 Å². The van der Waals surface area contributed by atoms with Crippen molar-refractivity contribution in [2.75, 3.05) is 6.61 Å². The van der Waals surface area contributed by atoms with Crippen LogP contribution >= 0.6 is 0 Å². The number of carbonyl (C=O) groups is 1. The standard InChI is InChI=1S/C29H47FO2/c1-3-5-7-9-10-11-12-14-25-16-17-26(22-29(25)31)24-18-20-28(21-19-24)32-23-27(30)15-13-8-6-4-2/h18-21,25-27H,3-17,22-23H2,1-2H3/t25?,26?,27-/m0/s1. The zero-order chi connectivity index (χ0) is 23.0. The van der Waals surface area contributed by atoms with Crippen molar-refractivity contribution in [1.29, 1.82) is 0 Å². The number of ether oxygens (including phenoxy) is 1. The van der Waals surface area contributed by atoms with Gasteiger partial charge in [-0.15, -0.1) is 0 Å². The third kappa shape index (κ3) is 10.5. The summed E-state index contributed by atoms with van der Waals surface area (Å²) in [6.45, 7) is 4.55. The van der Waals surface area contributed by atoms with Gasteiger partial charge in [-0.05, 0) is 49.3 Å². The Morgan fingerprint density at radius 2 is 1.50 bits per heavy atom. The first-order chi connectivity index (χ1) is 15.6. The SMILES string of the molecule is CCCCCCCCCC1CCC(c2ccc(OC[C@@H](F)CCCCCC)cc2)CC1=O. The highest BCUT2D eigenvalue weighted by atomic mass is 19.1. The molecule has 1 aromatic carbocycles. The van der Waals surface area contributed by atoms with E-state index in [1.54, 1.807) is 0 Å². The second-order valence-corrected chi connectivity index (χ2v) is 9.88. The minimum absolute atomic E-state index is 0.133. The summed E-state index contributed by atoms with van der Waals surface area (Å²) in [7, 11) is 0. The minimum Gasteiger partial charge on any atom is -0.491 e. The van der Waals surface area contributed by atoms with E-state index in [0.717, 1.165) is 37.9 Å². The molecule has 0 heterocycles. The van der Waals surface area contributed by atoms with E-state index < -0.39 is 6.17 Å². The molecule has 1 aliphatic rings. The fourth-order valence-corrected chi connectivity index (χ4v) is 4.91. The molecular weight excluding hydrogens is 399 g/mol. The average molecular weight is 447 g/mol. The van der Waals surface area contributed by atoms with Gasteiger partial charge in [-0.3, -0.25) is 4.79 Å². The Balaban J connectivity index is 1.64. The lowest BCUT2D eigenvalue weighted by molar-refractivity contribution is -0.125. The highest BCUT2D eigenvalue weighted by Crippen LogP contribution is 2.36. The molecule has 182 valence electrons. The van der Waals surface area contributed by atoms with Crippen molar-refractivity contribution in [3.8, 4) is 5.75 Å². The second kappa shape index (κ2) is 16.3. The molecule has 0 bridgehead atoms. The molecular formula is C29H47FO2. The Kier molecular flexibility index (Phi) is 13.7. The molecule has 1 aliphatic carbocycles. The van der Waals surface area contributed by atoms with Crippen LogP contribution in [0.3, 0.4) is 0 Å². The number of Topliss-reactive ketones (excluding diaryl/α,β-unsaturated/α-hetero) is 1. The lowest BCUT2D eigenvalue weighted by atomic mass is 9.76. The molecule has 0 saturated heterocycles. The van der Waals surface area contributed by atoms with Crippen LogP contribution < -0.4 is 4.74 Å². The van der Waals surface area contributed by atoms with Gasteiger partial charge in [0.05, 0.1) is 0 Å². The Bertz CT molecular complexity index is 612. The molecule has 2 nitrogen and oxygen atoms in total. The molecule has 0 N–H and O–H groups in total. The number of halogens is 1. The zero-order valence-electron chi connectivity index (χ0n) is 20.8. The maximum absolute atomic E-state index is 14.0. The number of alkyl halides is 1. The van der Waals surface area contributed by atoms with Crippen LogP contribution in [0.4, 0.5) is 4.39 Å². The largest absolute Gasteiger partial charge is 0.491 e. The van der Waals surface area contributed by atoms with Crippen molar-refractivity contribution in [2.24, 2.45) is 5.92 Å². The van der Waals surface area contributed by atoms with Crippen LogP contribution in [0.5, 0.6) is 5.75 Å². The third-order valence-corrected chi connectivity index (χ3v) is 7.08. The van der Waals surface area contributed by atoms with Gasteiger partial charge >= 0.3 is 0 Å². The summed E-state index contributed by atoms with van der Waals surface area (Å²) in [5, 5.41) is 0. The molecule has 2 unspecified atom stereocenters. The van der Waals surface area contributed by atoms with Gasteiger partial charge in [-0.1, -0.05) is 96.6 Å². The molecule has 0 radical (unpaired) electrons. The van der Waals surface area contributed by atoms with Crippen LogP contribution in [0, 0.1) is 5.92 Å². The lowest BCUT2D eigenvalue weighted by Gasteiger charge is -2.28. The van der Waals surface area contributed by atoms with Gasteiger partial charge in [0.1, 0.15) is 24.3 Å². The van der Waals surface area contributed by atoms with E-state index in [0.29, 0.717) is 24.5 Å². The van der Waals surface area contributed by atoms with Crippen molar-refractivity contribution in [3.05, 3.63) is 29.8 Å². The monoisotopic (exact) mass is 446 g/mol. The van der Waals surface area contributed by atoms with Crippen molar-refractivity contribution in [2.45, 2.75) is 129 Å². The van der Waals surface area contributed by atoms with Gasteiger partial charge in [-0.25, -0.2) is 4.39 Å². The Morgan fingerprint density at radius 3 is 2.16 bits per heavy atom. The summed E-state index contributed by atoms with van der Waals surface area (Å²) in [6.07, 6.45) is 17.1. The van der Waals surface area contributed by atoms with Crippen molar-refractivity contribution in [1.82, 2.24) is 0 Å². The predicted molar refractivity (Wildman–Crippen MR) is 133 cm³/mol. The molecule has 1 saturated carbocycles. The highest BCUT2D eigenvalue weighted by molar-refractivity contribution is 5.82. The molecule has 1 fully saturated rings. The average Bonchev–Trinajstić information content (AvgIpc) is 2.81. The van der Waals surface area contributed by atoms with E-state index in [4.69, 9.17) is 4.74 Å². The number of rotatable bonds is 17. The first kappa shape index (κ1) is 26.9.